The zero-order valence-electron chi connectivity index (χ0n) is 7.62. The molecule has 4 heteroatoms. The van der Waals surface area contributed by atoms with Crippen LogP contribution in [0.3, 0.4) is 0 Å². The van der Waals surface area contributed by atoms with Crippen molar-refractivity contribution in [1.29, 1.82) is 0 Å². The molecule has 0 radical (unpaired) electrons. The predicted molar refractivity (Wildman–Crippen MR) is 58.3 cm³/mol. The molecule has 1 aromatic carbocycles. The van der Waals surface area contributed by atoms with E-state index in [4.69, 9.17) is 0 Å². The largest absolute Gasteiger partial charge is 0.373 e. The van der Waals surface area contributed by atoms with Gasteiger partial charge in [-0.1, -0.05) is 6.07 Å². The molecule has 0 aliphatic heterocycles. The molecule has 0 saturated carbocycles. The minimum absolute atomic E-state index is 0.256. The third-order valence-corrected chi connectivity index (χ3v) is 2.47. The normalized spacial score (nSPS) is 10.4. The lowest BCUT2D eigenvalue weighted by Gasteiger charge is -2.02. The molecular weight excluding hydrogens is 199 g/mol. The van der Waals surface area contributed by atoms with Gasteiger partial charge < -0.3 is 5.32 Å². The molecule has 0 fully saturated rings. The Kier molecular flexibility index (Phi) is 2.54. The average Bonchev–Trinajstić information content (AvgIpc) is 2.27. The highest BCUT2D eigenvalue weighted by atomic mass is 32.2. The van der Waals surface area contributed by atoms with Crippen molar-refractivity contribution in [3.8, 4) is 0 Å². The van der Waals surface area contributed by atoms with Gasteiger partial charge in [0.05, 0.1) is 12.1 Å². The molecule has 2 nitrogen and oxygen atoms in total. The van der Waals surface area contributed by atoms with E-state index in [0.29, 0.717) is 4.90 Å². The third-order valence-electron chi connectivity index (χ3n) is 2.04. The monoisotopic (exact) mass is 208 g/mol. The van der Waals surface area contributed by atoms with E-state index in [-0.39, 0.29) is 12.1 Å². The number of hydrogen-bond donors (Lipinski definition) is 1. The molecule has 0 spiro atoms. The summed E-state index contributed by atoms with van der Waals surface area (Å²) in [7, 11) is 1.81. The zero-order valence-corrected chi connectivity index (χ0v) is 8.44. The molecular formula is C10H9FN2S. The summed E-state index contributed by atoms with van der Waals surface area (Å²) in [5, 5.41) is 4.95. The van der Waals surface area contributed by atoms with Crippen LogP contribution in [0.2, 0.25) is 0 Å². The van der Waals surface area contributed by atoms with Crippen molar-refractivity contribution in [1.82, 2.24) is 4.98 Å². The van der Waals surface area contributed by atoms with Crippen molar-refractivity contribution in [2.24, 2.45) is 0 Å². The zero-order chi connectivity index (χ0) is 9.97. The van der Waals surface area contributed by atoms with Crippen molar-refractivity contribution < 1.29 is 3.89 Å². The predicted octanol–water partition coefficient (Wildman–Crippen LogP) is 3.25. The summed E-state index contributed by atoms with van der Waals surface area (Å²) < 4.78 is 12.3. The molecule has 0 amide bonds. The van der Waals surface area contributed by atoms with Crippen molar-refractivity contribution in [3.05, 3.63) is 30.5 Å². The second-order valence-corrected chi connectivity index (χ2v) is 3.53. The fourth-order valence-electron chi connectivity index (χ4n) is 1.30. The van der Waals surface area contributed by atoms with Gasteiger partial charge in [-0.3, -0.25) is 0 Å². The van der Waals surface area contributed by atoms with Gasteiger partial charge in [0, 0.05) is 23.5 Å². The van der Waals surface area contributed by atoms with Gasteiger partial charge >= 0.3 is 0 Å². The molecule has 1 N–H and O–H groups in total. The quantitative estimate of drug-likeness (QED) is 0.820. The molecule has 0 saturated heterocycles. The molecule has 0 aliphatic rings. The van der Waals surface area contributed by atoms with E-state index in [9.17, 15) is 3.89 Å². The number of benzene rings is 1. The van der Waals surface area contributed by atoms with Crippen molar-refractivity contribution in [3.63, 3.8) is 0 Å². The van der Waals surface area contributed by atoms with Gasteiger partial charge in [-0.15, -0.1) is 0 Å². The van der Waals surface area contributed by atoms with Crippen LogP contribution in [0.25, 0.3) is 10.8 Å². The number of nitrogens with one attached hydrogen (secondary N) is 1. The van der Waals surface area contributed by atoms with Crippen LogP contribution in [-0.2, 0) is 0 Å². The minimum Gasteiger partial charge on any atom is -0.373 e. The van der Waals surface area contributed by atoms with E-state index in [1.807, 2.05) is 25.2 Å². The van der Waals surface area contributed by atoms with Crippen LogP contribution in [0, 0.1) is 0 Å². The summed E-state index contributed by atoms with van der Waals surface area (Å²) in [5.41, 5.74) is 0. The number of hydrogen-bond acceptors (Lipinski definition) is 3. The van der Waals surface area contributed by atoms with Crippen molar-refractivity contribution in [2.45, 2.75) is 4.90 Å². The summed E-state index contributed by atoms with van der Waals surface area (Å²) in [6.45, 7) is 0. The molecule has 2 rings (SSSR count). The van der Waals surface area contributed by atoms with Gasteiger partial charge in [-0.05, 0) is 23.6 Å². The summed E-state index contributed by atoms with van der Waals surface area (Å²) in [6.07, 6.45) is 1.77. The number of nitrogens with zero attached hydrogens (tertiary/aromatic N) is 1. The smallest absolute Gasteiger partial charge is 0.126 e. The Morgan fingerprint density at radius 2 is 2.14 bits per heavy atom. The van der Waals surface area contributed by atoms with Crippen molar-refractivity contribution >= 4 is 28.7 Å². The maximum atomic E-state index is 12.3. The van der Waals surface area contributed by atoms with E-state index >= 15 is 0 Å². The third kappa shape index (κ3) is 1.65. The lowest BCUT2D eigenvalue weighted by atomic mass is 10.2. The number of rotatable bonds is 2. The molecule has 2 aromatic rings. The Hall–Kier alpha value is -1.29. The van der Waals surface area contributed by atoms with Crippen LogP contribution < -0.4 is 5.32 Å². The Morgan fingerprint density at radius 3 is 2.86 bits per heavy atom. The molecule has 14 heavy (non-hydrogen) atoms. The second-order valence-electron chi connectivity index (χ2n) is 2.91. The van der Waals surface area contributed by atoms with Gasteiger partial charge in [-0.25, -0.2) is 4.98 Å². The highest BCUT2D eigenvalue weighted by Crippen LogP contribution is 2.24. The topological polar surface area (TPSA) is 24.9 Å². The minimum atomic E-state index is 0.256. The van der Waals surface area contributed by atoms with E-state index in [2.05, 4.69) is 10.3 Å². The lowest BCUT2D eigenvalue weighted by molar-refractivity contribution is 0.934. The summed E-state index contributed by atoms with van der Waals surface area (Å²) in [5.74, 6) is 0.790. The van der Waals surface area contributed by atoms with Gasteiger partial charge in [0.2, 0.25) is 0 Å². The Balaban J connectivity index is 2.60. The van der Waals surface area contributed by atoms with E-state index in [0.717, 1.165) is 16.6 Å². The first-order chi connectivity index (χ1) is 6.83. The lowest BCUT2D eigenvalue weighted by Crippen LogP contribution is -1.90. The van der Waals surface area contributed by atoms with Gasteiger partial charge in [0.1, 0.15) is 5.82 Å². The molecule has 0 unspecified atom stereocenters. The van der Waals surface area contributed by atoms with Gasteiger partial charge in [0.25, 0.3) is 0 Å². The van der Waals surface area contributed by atoms with Crippen LogP contribution in [0.4, 0.5) is 9.70 Å². The van der Waals surface area contributed by atoms with Crippen LogP contribution in [0.5, 0.6) is 0 Å². The SMILES string of the molecule is CNc1cc2cc(SF)ccc2cn1. The first-order valence-electron chi connectivity index (χ1n) is 4.19. The summed E-state index contributed by atoms with van der Waals surface area (Å²) in [6, 6.07) is 7.31. The van der Waals surface area contributed by atoms with Crippen LogP contribution in [0.1, 0.15) is 0 Å². The number of halogens is 1. The maximum absolute atomic E-state index is 12.3. The Morgan fingerprint density at radius 1 is 1.29 bits per heavy atom. The van der Waals surface area contributed by atoms with Crippen LogP contribution in [0.15, 0.2) is 35.4 Å². The van der Waals surface area contributed by atoms with E-state index in [1.54, 1.807) is 12.3 Å². The van der Waals surface area contributed by atoms with Gasteiger partial charge in [0.15, 0.2) is 0 Å². The molecule has 0 bridgehead atoms. The first-order valence-corrected chi connectivity index (χ1v) is 4.91. The average molecular weight is 208 g/mol. The van der Waals surface area contributed by atoms with Crippen LogP contribution in [-0.4, -0.2) is 12.0 Å². The fourth-order valence-corrected chi connectivity index (χ4v) is 1.59. The van der Waals surface area contributed by atoms with Gasteiger partial charge in [-0.2, -0.15) is 3.89 Å². The highest BCUT2D eigenvalue weighted by molar-refractivity contribution is 7.94. The molecule has 1 aromatic heterocycles. The van der Waals surface area contributed by atoms with E-state index in [1.165, 1.54) is 0 Å². The maximum Gasteiger partial charge on any atom is 0.126 e. The van der Waals surface area contributed by atoms with Crippen LogP contribution >= 0.6 is 12.1 Å². The Labute approximate surface area is 85.8 Å². The number of aromatic nitrogens is 1. The van der Waals surface area contributed by atoms with E-state index < -0.39 is 0 Å². The van der Waals surface area contributed by atoms with Crippen molar-refractivity contribution in [2.75, 3.05) is 12.4 Å². The molecule has 0 atom stereocenters. The highest BCUT2D eigenvalue weighted by Gasteiger charge is 1.98. The summed E-state index contributed by atoms with van der Waals surface area (Å²) >= 11 is 0.256. The number of fused-ring (bicyclic) bond motifs is 1. The molecule has 0 aliphatic carbocycles. The number of anilines is 1. The second kappa shape index (κ2) is 3.84. The summed E-state index contributed by atoms with van der Waals surface area (Å²) in [4.78, 5) is 4.79. The standard InChI is InChI=1S/C10H9FN2S/c1-12-10-5-8-4-9(14-11)3-2-7(8)6-13-10/h2-6H,1H3,(H,12,13). The fraction of sp³-hybridized carbons (Fsp3) is 0.100. The molecule has 72 valence electrons. The Bertz CT molecular complexity index is 420. The molecule has 1 heterocycles. The number of pyridine rings is 1. The first kappa shape index (κ1) is 9.27.